The number of carbonyl (C=O) groups excluding carboxylic acids is 1. The van der Waals surface area contributed by atoms with E-state index in [9.17, 15) is 14.9 Å². The molecule has 132 valence electrons. The van der Waals surface area contributed by atoms with Crippen LogP contribution < -0.4 is 0 Å². The number of ketones is 1. The molecule has 3 aromatic rings. The molecule has 0 unspecified atom stereocenters. The number of carbonyl (C=O) groups is 1. The fourth-order valence-corrected chi connectivity index (χ4v) is 3.19. The molecule has 3 rings (SSSR count). The van der Waals surface area contributed by atoms with E-state index in [0.29, 0.717) is 22.5 Å². The fourth-order valence-electron chi connectivity index (χ4n) is 2.78. The topological polar surface area (TPSA) is 88.9 Å². The van der Waals surface area contributed by atoms with Gasteiger partial charge in [0.25, 0.3) is 5.69 Å². The van der Waals surface area contributed by atoms with E-state index in [4.69, 9.17) is 23.2 Å². The minimum atomic E-state index is -0.544. The Labute approximate surface area is 158 Å². The van der Waals surface area contributed by atoms with Crippen molar-refractivity contribution in [3.05, 3.63) is 80.1 Å². The Morgan fingerprint density at radius 3 is 2.62 bits per heavy atom. The molecule has 6 nitrogen and oxygen atoms in total. The van der Waals surface area contributed by atoms with E-state index in [0.717, 1.165) is 0 Å². The molecule has 0 radical (unpaired) electrons. The normalized spacial score (nSPS) is 10.7. The second-order valence-corrected chi connectivity index (χ2v) is 6.27. The second-order valence-electron chi connectivity index (χ2n) is 5.60. The lowest BCUT2D eigenvalue weighted by molar-refractivity contribution is -0.384. The Bertz CT molecular complexity index is 1010. The summed E-state index contributed by atoms with van der Waals surface area (Å²) < 4.78 is 0. The van der Waals surface area contributed by atoms with Crippen LogP contribution in [0.5, 0.6) is 0 Å². The van der Waals surface area contributed by atoms with Gasteiger partial charge < -0.3 is 0 Å². The summed E-state index contributed by atoms with van der Waals surface area (Å²) in [6.07, 6.45) is 0. The third-order valence-corrected chi connectivity index (χ3v) is 4.58. The van der Waals surface area contributed by atoms with Crippen molar-refractivity contribution in [2.45, 2.75) is 12.8 Å². The Kier molecular flexibility index (Phi) is 5.06. The number of non-ortho nitro benzene ring substituents is 1. The monoisotopic (exact) mass is 389 g/mol. The number of halogens is 2. The van der Waals surface area contributed by atoms with Gasteiger partial charge in [0, 0.05) is 34.5 Å². The van der Waals surface area contributed by atoms with Crippen LogP contribution in [0.3, 0.4) is 0 Å². The molecule has 0 bridgehead atoms. The van der Waals surface area contributed by atoms with Crippen LogP contribution in [0.25, 0.3) is 11.1 Å². The molecule has 0 saturated carbocycles. The van der Waals surface area contributed by atoms with Crippen molar-refractivity contribution in [3.8, 4) is 11.1 Å². The summed E-state index contributed by atoms with van der Waals surface area (Å²) in [7, 11) is 0. The molecule has 1 heterocycles. The van der Waals surface area contributed by atoms with Crippen molar-refractivity contribution in [2.75, 3.05) is 0 Å². The molecule has 1 aromatic heterocycles. The lowest BCUT2D eigenvalue weighted by atomic mass is 9.92. The largest absolute Gasteiger partial charge is 0.289 e. The molecule has 0 saturated heterocycles. The summed E-state index contributed by atoms with van der Waals surface area (Å²) in [5, 5.41) is 18.4. The van der Waals surface area contributed by atoms with Gasteiger partial charge in [0.05, 0.1) is 21.5 Å². The maximum atomic E-state index is 13.1. The lowest BCUT2D eigenvalue weighted by Crippen LogP contribution is -2.06. The summed E-state index contributed by atoms with van der Waals surface area (Å²) in [6, 6.07) is 10.7. The standard InChI is InChI=1S/C18H13Cl2N3O3/c1-10-17(16(9-19)22-21-10)12-7-6-11(23(25)26)8-14(12)18(24)13-4-2-3-5-15(13)20/h2-8H,9H2,1H3,(H,21,22). The number of nitro groups is 1. The zero-order valence-corrected chi connectivity index (χ0v) is 15.1. The van der Waals surface area contributed by atoms with E-state index in [1.54, 1.807) is 31.2 Å². The zero-order chi connectivity index (χ0) is 18.8. The van der Waals surface area contributed by atoms with Crippen molar-refractivity contribution in [1.82, 2.24) is 10.2 Å². The van der Waals surface area contributed by atoms with Gasteiger partial charge in [-0.15, -0.1) is 11.6 Å². The van der Waals surface area contributed by atoms with Crippen LogP contribution in [0.15, 0.2) is 42.5 Å². The smallest absolute Gasteiger partial charge is 0.270 e. The number of aromatic nitrogens is 2. The molecule has 0 fully saturated rings. The first-order valence-electron chi connectivity index (χ1n) is 7.62. The van der Waals surface area contributed by atoms with E-state index >= 15 is 0 Å². The van der Waals surface area contributed by atoms with E-state index in [1.807, 2.05) is 0 Å². The van der Waals surface area contributed by atoms with E-state index in [1.165, 1.54) is 18.2 Å². The lowest BCUT2D eigenvalue weighted by Gasteiger charge is -2.11. The van der Waals surface area contributed by atoms with E-state index in [-0.39, 0.29) is 27.7 Å². The maximum absolute atomic E-state index is 13.1. The van der Waals surface area contributed by atoms with E-state index in [2.05, 4.69) is 10.2 Å². The first kappa shape index (κ1) is 18.1. The minimum Gasteiger partial charge on any atom is -0.289 e. The average molecular weight is 390 g/mol. The molecule has 2 aromatic carbocycles. The van der Waals surface area contributed by atoms with Gasteiger partial charge >= 0.3 is 0 Å². The van der Waals surface area contributed by atoms with Gasteiger partial charge in [-0.1, -0.05) is 23.7 Å². The predicted molar refractivity (Wildman–Crippen MR) is 99.9 cm³/mol. The Morgan fingerprint density at radius 1 is 1.23 bits per heavy atom. The summed E-state index contributed by atoms with van der Waals surface area (Å²) in [4.78, 5) is 23.8. The highest BCUT2D eigenvalue weighted by molar-refractivity contribution is 6.35. The van der Waals surface area contributed by atoms with Gasteiger partial charge in [-0.3, -0.25) is 20.0 Å². The van der Waals surface area contributed by atoms with Gasteiger partial charge in [-0.25, -0.2) is 0 Å². The zero-order valence-electron chi connectivity index (χ0n) is 13.6. The van der Waals surface area contributed by atoms with Crippen LogP contribution >= 0.6 is 23.2 Å². The first-order valence-corrected chi connectivity index (χ1v) is 8.53. The number of H-pyrrole nitrogens is 1. The highest BCUT2D eigenvalue weighted by atomic mass is 35.5. The van der Waals surface area contributed by atoms with Crippen LogP contribution in [0, 0.1) is 17.0 Å². The molecule has 0 aliphatic carbocycles. The number of aromatic amines is 1. The summed E-state index contributed by atoms with van der Waals surface area (Å²) in [5.74, 6) is -0.272. The van der Waals surface area contributed by atoms with E-state index < -0.39 is 10.7 Å². The van der Waals surface area contributed by atoms with Crippen molar-refractivity contribution in [1.29, 1.82) is 0 Å². The number of aryl methyl sites for hydroxylation is 1. The van der Waals surface area contributed by atoms with Gasteiger partial charge in [0.1, 0.15) is 0 Å². The number of alkyl halides is 1. The molecule has 8 heteroatoms. The third kappa shape index (κ3) is 3.21. The summed E-state index contributed by atoms with van der Waals surface area (Å²) >= 11 is 12.1. The SMILES string of the molecule is Cc1[nH]nc(CCl)c1-c1ccc([N+](=O)[O-])cc1C(=O)c1ccccc1Cl. The van der Waals surface area contributed by atoms with Gasteiger partial charge in [-0.05, 0) is 30.7 Å². The van der Waals surface area contributed by atoms with Crippen LogP contribution in [-0.2, 0) is 5.88 Å². The molecule has 0 aliphatic rings. The quantitative estimate of drug-likeness (QED) is 0.290. The average Bonchev–Trinajstić information content (AvgIpc) is 3.01. The minimum absolute atomic E-state index is 0.135. The number of nitro benzene ring substituents is 1. The number of nitrogens with zero attached hydrogens (tertiary/aromatic N) is 2. The molecule has 0 spiro atoms. The molecule has 0 amide bonds. The Morgan fingerprint density at radius 2 is 1.96 bits per heavy atom. The highest BCUT2D eigenvalue weighted by Crippen LogP contribution is 2.34. The van der Waals surface area contributed by atoms with Gasteiger partial charge in [0.15, 0.2) is 5.78 Å². The third-order valence-electron chi connectivity index (χ3n) is 4.00. The van der Waals surface area contributed by atoms with Crippen molar-refractivity contribution < 1.29 is 9.72 Å². The number of rotatable bonds is 5. The van der Waals surface area contributed by atoms with Crippen molar-refractivity contribution in [2.24, 2.45) is 0 Å². The first-order chi connectivity index (χ1) is 12.4. The Balaban J connectivity index is 2.27. The second kappa shape index (κ2) is 7.27. The van der Waals surface area contributed by atoms with Crippen molar-refractivity contribution >= 4 is 34.7 Å². The maximum Gasteiger partial charge on any atom is 0.270 e. The molecule has 26 heavy (non-hydrogen) atoms. The number of benzene rings is 2. The molecule has 0 atom stereocenters. The molecule has 0 aliphatic heterocycles. The Hall–Kier alpha value is -2.70. The van der Waals surface area contributed by atoms with Crippen LogP contribution in [0.2, 0.25) is 5.02 Å². The highest BCUT2D eigenvalue weighted by Gasteiger charge is 2.24. The number of hydrogen-bond donors (Lipinski definition) is 1. The van der Waals surface area contributed by atoms with Crippen molar-refractivity contribution in [3.63, 3.8) is 0 Å². The summed E-state index contributed by atoms with van der Waals surface area (Å²) in [6.45, 7) is 1.80. The molecule has 1 N–H and O–H groups in total. The van der Waals surface area contributed by atoms with Crippen LogP contribution in [-0.4, -0.2) is 20.9 Å². The molecular weight excluding hydrogens is 377 g/mol. The number of hydrogen-bond acceptors (Lipinski definition) is 4. The van der Waals surface area contributed by atoms with Crippen LogP contribution in [0.1, 0.15) is 27.3 Å². The summed E-state index contributed by atoms with van der Waals surface area (Å²) in [5.41, 5.74) is 2.70. The van der Waals surface area contributed by atoms with Gasteiger partial charge in [0.2, 0.25) is 0 Å². The van der Waals surface area contributed by atoms with Crippen LogP contribution in [0.4, 0.5) is 5.69 Å². The number of nitrogens with one attached hydrogen (secondary N) is 1. The molecular formula is C18H13Cl2N3O3. The predicted octanol–water partition coefficient (Wildman–Crippen LogP) is 4.92. The van der Waals surface area contributed by atoms with Gasteiger partial charge in [-0.2, -0.15) is 5.10 Å². The fraction of sp³-hybridized carbons (Fsp3) is 0.111.